The molecule has 0 spiro atoms. The third kappa shape index (κ3) is 3.41. The standard InChI is InChI=1S/C23H25N3O4/c1-14-12-19(30-3)18(17-8-9-24-20(14)17)13-26-11-10-25(2)22(27)21(26)15-4-6-16(7-5-15)23(28)29/h4-9,12,21,24H,10-11,13H2,1-3H3,(H,28,29). The number of methoxy groups -OCH3 is 1. The molecule has 0 saturated carbocycles. The molecule has 156 valence electrons. The molecule has 1 aromatic heterocycles. The number of H-pyrrole nitrogens is 1. The lowest BCUT2D eigenvalue weighted by atomic mass is 9.98. The molecule has 4 rings (SSSR count). The number of nitrogens with one attached hydrogen (secondary N) is 1. The summed E-state index contributed by atoms with van der Waals surface area (Å²) in [7, 11) is 3.46. The second-order valence-electron chi connectivity index (χ2n) is 7.70. The number of aromatic carboxylic acids is 1. The Labute approximate surface area is 174 Å². The SMILES string of the molecule is COc1cc(C)c2[nH]ccc2c1CN1CCN(C)C(=O)C1c1ccc(C(=O)O)cc1. The van der Waals surface area contributed by atoms with Gasteiger partial charge >= 0.3 is 5.97 Å². The van der Waals surface area contributed by atoms with Crippen LogP contribution in [-0.4, -0.2) is 59.0 Å². The van der Waals surface area contributed by atoms with Gasteiger partial charge in [0.2, 0.25) is 5.91 Å². The van der Waals surface area contributed by atoms with Gasteiger partial charge in [0.1, 0.15) is 11.8 Å². The quantitative estimate of drug-likeness (QED) is 0.678. The van der Waals surface area contributed by atoms with Crippen molar-refractivity contribution in [2.24, 2.45) is 0 Å². The summed E-state index contributed by atoms with van der Waals surface area (Å²) in [4.78, 5) is 31.5. The van der Waals surface area contributed by atoms with Crippen LogP contribution in [0.5, 0.6) is 5.75 Å². The number of rotatable bonds is 5. The lowest BCUT2D eigenvalue weighted by Gasteiger charge is -2.39. The van der Waals surface area contributed by atoms with Crippen molar-refractivity contribution >= 4 is 22.8 Å². The van der Waals surface area contributed by atoms with Crippen molar-refractivity contribution in [3.63, 3.8) is 0 Å². The first-order valence-electron chi connectivity index (χ1n) is 9.86. The topological polar surface area (TPSA) is 85.9 Å². The first-order valence-corrected chi connectivity index (χ1v) is 9.86. The monoisotopic (exact) mass is 407 g/mol. The number of ether oxygens (including phenoxy) is 1. The number of carboxylic acids is 1. The first kappa shape index (κ1) is 20.0. The zero-order chi connectivity index (χ0) is 21.4. The molecule has 7 nitrogen and oxygen atoms in total. The number of carbonyl (C=O) groups is 2. The molecule has 2 aromatic carbocycles. The van der Waals surface area contributed by atoms with Gasteiger partial charge in [-0.1, -0.05) is 12.1 Å². The second kappa shape index (κ2) is 7.84. The average molecular weight is 407 g/mol. The molecule has 30 heavy (non-hydrogen) atoms. The Bertz CT molecular complexity index is 1100. The van der Waals surface area contributed by atoms with Crippen molar-refractivity contribution in [1.82, 2.24) is 14.8 Å². The third-order valence-electron chi connectivity index (χ3n) is 5.86. The molecule has 3 aromatic rings. The van der Waals surface area contributed by atoms with Crippen molar-refractivity contribution in [2.75, 3.05) is 27.2 Å². The maximum atomic E-state index is 13.1. The predicted octanol–water partition coefficient (Wildman–Crippen LogP) is 3.20. The Balaban J connectivity index is 1.74. The Hall–Kier alpha value is -3.32. The summed E-state index contributed by atoms with van der Waals surface area (Å²) in [5.41, 5.74) is 4.19. The van der Waals surface area contributed by atoms with E-state index in [0.29, 0.717) is 19.6 Å². The summed E-state index contributed by atoms with van der Waals surface area (Å²) in [6, 6.07) is 10.1. The van der Waals surface area contributed by atoms with E-state index in [1.165, 1.54) is 0 Å². The maximum Gasteiger partial charge on any atom is 0.335 e. The minimum absolute atomic E-state index is 0.000663. The average Bonchev–Trinajstić information content (AvgIpc) is 3.23. The highest BCUT2D eigenvalue weighted by Crippen LogP contribution is 2.35. The van der Waals surface area contributed by atoms with E-state index in [0.717, 1.165) is 33.3 Å². The normalized spacial score (nSPS) is 17.5. The molecule has 7 heteroatoms. The summed E-state index contributed by atoms with van der Waals surface area (Å²) in [6.45, 7) is 3.92. The number of fused-ring (bicyclic) bond motifs is 1. The number of amides is 1. The number of benzene rings is 2. The van der Waals surface area contributed by atoms with Gasteiger partial charge in [0.15, 0.2) is 0 Å². The molecule has 0 bridgehead atoms. The van der Waals surface area contributed by atoms with Crippen molar-refractivity contribution in [3.8, 4) is 5.75 Å². The minimum atomic E-state index is -0.982. The lowest BCUT2D eigenvalue weighted by Crippen LogP contribution is -2.50. The Morgan fingerprint density at radius 3 is 2.63 bits per heavy atom. The number of hydrogen-bond acceptors (Lipinski definition) is 4. The van der Waals surface area contributed by atoms with E-state index in [1.807, 2.05) is 25.3 Å². The van der Waals surface area contributed by atoms with Crippen LogP contribution in [0.2, 0.25) is 0 Å². The smallest absolute Gasteiger partial charge is 0.335 e. The van der Waals surface area contributed by atoms with Crippen LogP contribution in [-0.2, 0) is 11.3 Å². The van der Waals surface area contributed by atoms with Crippen LogP contribution in [0.4, 0.5) is 0 Å². The third-order valence-corrected chi connectivity index (χ3v) is 5.86. The maximum absolute atomic E-state index is 13.1. The Morgan fingerprint density at radius 1 is 1.23 bits per heavy atom. The van der Waals surface area contributed by atoms with Crippen molar-refractivity contribution in [2.45, 2.75) is 19.5 Å². The molecule has 1 aliphatic rings. The number of nitrogens with zero attached hydrogens (tertiary/aromatic N) is 2. The molecule has 0 radical (unpaired) electrons. The highest BCUT2D eigenvalue weighted by molar-refractivity contribution is 5.89. The number of aromatic nitrogens is 1. The fraction of sp³-hybridized carbons (Fsp3) is 0.304. The Morgan fingerprint density at radius 2 is 1.97 bits per heavy atom. The van der Waals surface area contributed by atoms with E-state index in [1.54, 1.807) is 43.3 Å². The summed E-state index contributed by atoms with van der Waals surface area (Å²) in [5, 5.41) is 10.3. The second-order valence-corrected chi connectivity index (χ2v) is 7.70. The summed E-state index contributed by atoms with van der Waals surface area (Å²) >= 11 is 0. The highest BCUT2D eigenvalue weighted by atomic mass is 16.5. The molecule has 1 saturated heterocycles. The van der Waals surface area contributed by atoms with Gasteiger partial charge in [-0.05, 0) is 42.3 Å². The molecule has 0 aliphatic carbocycles. The van der Waals surface area contributed by atoms with E-state index in [4.69, 9.17) is 4.74 Å². The fourth-order valence-corrected chi connectivity index (χ4v) is 4.20. The first-order chi connectivity index (χ1) is 14.4. The van der Waals surface area contributed by atoms with E-state index >= 15 is 0 Å². The molecule has 1 aliphatic heterocycles. The summed E-state index contributed by atoms with van der Waals surface area (Å²) in [5.74, 6) is -0.184. The zero-order valence-electron chi connectivity index (χ0n) is 17.3. The van der Waals surface area contributed by atoms with Crippen LogP contribution in [0.15, 0.2) is 42.6 Å². The summed E-state index contributed by atoms with van der Waals surface area (Å²) in [6.07, 6.45) is 1.91. The summed E-state index contributed by atoms with van der Waals surface area (Å²) < 4.78 is 5.68. The van der Waals surface area contributed by atoms with E-state index in [9.17, 15) is 14.7 Å². The molecule has 1 unspecified atom stereocenters. The minimum Gasteiger partial charge on any atom is -0.496 e. The molecular weight excluding hydrogens is 382 g/mol. The van der Waals surface area contributed by atoms with Crippen LogP contribution in [0, 0.1) is 6.92 Å². The van der Waals surface area contributed by atoms with Crippen molar-refractivity contribution in [3.05, 3.63) is 64.8 Å². The largest absolute Gasteiger partial charge is 0.496 e. The van der Waals surface area contributed by atoms with Gasteiger partial charge in [-0.25, -0.2) is 4.79 Å². The van der Waals surface area contributed by atoms with Gasteiger partial charge in [-0.2, -0.15) is 0 Å². The van der Waals surface area contributed by atoms with Crippen LogP contribution in [0.1, 0.15) is 33.1 Å². The molecule has 2 N–H and O–H groups in total. The van der Waals surface area contributed by atoms with E-state index in [2.05, 4.69) is 9.88 Å². The number of piperazine rings is 1. The van der Waals surface area contributed by atoms with Crippen molar-refractivity contribution < 1.29 is 19.4 Å². The number of hydrogen-bond donors (Lipinski definition) is 2. The lowest BCUT2D eigenvalue weighted by molar-refractivity contribution is -0.140. The highest BCUT2D eigenvalue weighted by Gasteiger charge is 2.35. The van der Waals surface area contributed by atoms with Gasteiger partial charge in [-0.3, -0.25) is 9.69 Å². The van der Waals surface area contributed by atoms with Gasteiger partial charge < -0.3 is 19.7 Å². The van der Waals surface area contributed by atoms with Gasteiger partial charge in [-0.15, -0.1) is 0 Å². The Kier molecular flexibility index (Phi) is 5.22. The zero-order valence-corrected chi connectivity index (χ0v) is 17.3. The molecular formula is C23H25N3O4. The fourth-order valence-electron chi connectivity index (χ4n) is 4.20. The van der Waals surface area contributed by atoms with Crippen molar-refractivity contribution in [1.29, 1.82) is 0 Å². The molecule has 2 heterocycles. The predicted molar refractivity (Wildman–Crippen MR) is 114 cm³/mol. The van der Waals surface area contributed by atoms with Gasteiger partial charge in [0, 0.05) is 49.3 Å². The van der Waals surface area contributed by atoms with Crippen LogP contribution in [0.3, 0.4) is 0 Å². The number of carbonyl (C=O) groups excluding carboxylic acids is 1. The van der Waals surface area contributed by atoms with Crippen LogP contribution in [0.25, 0.3) is 10.9 Å². The number of likely N-dealkylation sites (N-methyl/N-ethyl adjacent to an activating group) is 1. The number of carboxylic acid groups (broad SMARTS) is 1. The van der Waals surface area contributed by atoms with Gasteiger partial charge in [0.25, 0.3) is 0 Å². The van der Waals surface area contributed by atoms with E-state index in [-0.39, 0.29) is 11.5 Å². The molecule has 1 atom stereocenters. The number of aryl methyl sites for hydroxylation is 1. The van der Waals surface area contributed by atoms with Gasteiger partial charge in [0.05, 0.1) is 12.7 Å². The van der Waals surface area contributed by atoms with E-state index < -0.39 is 12.0 Å². The molecule has 1 amide bonds. The van der Waals surface area contributed by atoms with Crippen LogP contribution < -0.4 is 4.74 Å². The molecule has 1 fully saturated rings. The number of aromatic amines is 1. The van der Waals surface area contributed by atoms with Crippen LogP contribution >= 0.6 is 0 Å².